The third-order valence-electron chi connectivity index (χ3n) is 1.64. The van der Waals surface area contributed by atoms with Gasteiger partial charge in [0.2, 0.25) is 0 Å². The number of carboxylic acid groups (broad SMARTS) is 1. The molecule has 4 heteroatoms. The SMILES string of the molecule is Nc1ccc(Cl)cc1C=CCC(=O)O. The van der Waals surface area contributed by atoms with Gasteiger partial charge in [-0.25, -0.2) is 0 Å². The lowest BCUT2D eigenvalue weighted by Crippen LogP contribution is -1.91. The van der Waals surface area contributed by atoms with E-state index in [2.05, 4.69) is 0 Å². The summed E-state index contributed by atoms with van der Waals surface area (Å²) in [5.41, 5.74) is 6.96. The summed E-state index contributed by atoms with van der Waals surface area (Å²) < 4.78 is 0. The standard InChI is InChI=1S/C10H10ClNO2/c11-8-4-5-9(12)7(6-8)2-1-3-10(13)14/h1-2,4-6H,3,12H2,(H,13,14). The number of rotatable bonds is 3. The number of halogens is 1. The highest BCUT2D eigenvalue weighted by atomic mass is 35.5. The Bertz CT molecular complexity index is 374. The normalized spacial score (nSPS) is 10.6. The lowest BCUT2D eigenvalue weighted by molar-refractivity contribution is -0.135. The van der Waals surface area contributed by atoms with Gasteiger partial charge in [-0.3, -0.25) is 4.79 Å². The predicted molar refractivity (Wildman–Crippen MR) is 57.2 cm³/mol. The number of aliphatic carboxylic acids is 1. The average Bonchev–Trinajstić information content (AvgIpc) is 2.10. The minimum Gasteiger partial charge on any atom is -0.481 e. The summed E-state index contributed by atoms with van der Waals surface area (Å²) in [7, 11) is 0. The molecule has 0 saturated heterocycles. The van der Waals surface area contributed by atoms with Crippen molar-refractivity contribution in [1.29, 1.82) is 0 Å². The maximum Gasteiger partial charge on any atom is 0.307 e. The van der Waals surface area contributed by atoms with Gasteiger partial charge in [-0.15, -0.1) is 0 Å². The number of benzene rings is 1. The summed E-state index contributed by atoms with van der Waals surface area (Å²) in [5.74, 6) is -0.873. The molecular formula is C10H10ClNO2. The molecule has 14 heavy (non-hydrogen) atoms. The average molecular weight is 212 g/mol. The minimum absolute atomic E-state index is 0.0219. The van der Waals surface area contributed by atoms with E-state index in [-0.39, 0.29) is 6.42 Å². The van der Waals surface area contributed by atoms with Crippen LogP contribution in [0.25, 0.3) is 6.08 Å². The zero-order valence-electron chi connectivity index (χ0n) is 7.40. The molecule has 0 aliphatic carbocycles. The van der Waals surface area contributed by atoms with E-state index in [9.17, 15) is 4.79 Å². The van der Waals surface area contributed by atoms with E-state index in [4.69, 9.17) is 22.4 Å². The number of nitrogen functional groups attached to an aromatic ring is 1. The molecule has 0 bridgehead atoms. The Hall–Kier alpha value is -1.48. The van der Waals surface area contributed by atoms with Crippen LogP contribution in [0.5, 0.6) is 0 Å². The molecule has 0 radical (unpaired) electrons. The Morgan fingerprint density at radius 3 is 2.93 bits per heavy atom. The van der Waals surface area contributed by atoms with Crippen molar-refractivity contribution >= 4 is 29.3 Å². The first-order chi connectivity index (χ1) is 6.59. The highest BCUT2D eigenvalue weighted by Crippen LogP contribution is 2.19. The molecule has 0 atom stereocenters. The molecule has 0 aliphatic heterocycles. The number of carboxylic acids is 1. The van der Waals surface area contributed by atoms with Crippen LogP contribution in [0.3, 0.4) is 0 Å². The van der Waals surface area contributed by atoms with Crippen molar-refractivity contribution in [3.63, 3.8) is 0 Å². The molecule has 1 rings (SSSR count). The van der Waals surface area contributed by atoms with Crippen LogP contribution in [0.1, 0.15) is 12.0 Å². The molecule has 0 amide bonds. The van der Waals surface area contributed by atoms with E-state index >= 15 is 0 Å². The summed E-state index contributed by atoms with van der Waals surface area (Å²) >= 11 is 5.75. The predicted octanol–water partition coefficient (Wildman–Crippen LogP) is 2.41. The Labute approximate surface area is 86.8 Å². The zero-order chi connectivity index (χ0) is 10.6. The number of hydrogen-bond acceptors (Lipinski definition) is 2. The second-order valence-corrected chi connectivity index (χ2v) is 3.21. The molecule has 0 unspecified atom stereocenters. The summed E-state index contributed by atoms with van der Waals surface area (Å²) in [4.78, 5) is 10.2. The molecule has 0 spiro atoms. The molecule has 0 fully saturated rings. The van der Waals surface area contributed by atoms with Crippen molar-refractivity contribution in [2.45, 2.75) is 6.42 Å². The first kappa shape index (κ1) is 10.6. The largest absolute Gasteiger partial charge is 0.481 e. The van der Waals surface area contributed by atoms with Gasteiger partial charge in [0.1, 0.15) is 0 Å². The maximum atomic E-state index is 10.2. The maximum absolute atomic E-state index is 10.2. The van der Waals surface area contributed by atoms with Gasteiger partial charge in [-0.1, -0.05) is 23.8 Å². The first-order valence-electron chi connectivity index (χ1n) is 4.03. The molecule has 1 aromatic carbocycles. The van der Waals surface area contributed by atoms with Crippen molar-refractivity contribution in [2.75, 3.05) is 5.73 Å². The van der Waals surface area contributed by atoms with Gasteiger partial charge in [-0.2, -0.15) is 0 Å². The van der Waals surface area contributed by atoms with Crippen molar-refractivity contribution in [1.82, 2.24) is 0 Å². The number of nitrogens with two attached hydrogens (primary N) is 1. The zero-order valence-corrected chi connectivity index (χ0v) is 8.16. The minimum atomic E-state index is -0.873. The molecule has 0 aromatic heterocycles. The van der Waals surface area contributed by atoms with Gasteiger partial charge < -0.3 is 10.8 Å². The van der Waals surface area contributed by atoms with Crippen molar-refractivity contribution < 1.29 is 9.90 Å². The van der Waals surface area contributed by atoms with E-state index in [1.54, 1.807) is 24.3 Å². The molecule has 0 saturated carbocycles. The van der Waals surface area contributed by atoms with Crippen molar-refractivity contribution in [3.8, 4) is 0 Å². The molecule has 0 aliphatic rings. The summed E-state index contributed by atoms with van der Waals surface area (Å²) in [6, 6.07) is 5.06. The smallest absolute Gasteiger partial charge is 0.307 e. The third kappa shape index (κ3) is 3.11. The van der Waals surface area contributed by atoms with Crippen LogP contribution in [0, 0.1) is 0 Å². The van der Waals surface area contributed by atoms with E-state index in [0.717, 1.165) is 5.56 Å². The second kappa shape index (κ2) is 4.67. The van der Waals surface area contributed by atoms with Crippen LogP contribution in [0.2, 0.25) is 5.02 Å². The molecule has 0 heterocycles. The van der Waals surface area contributed by atoms with Crippen molar-refractivity contribution in [3.05, 3.63) is 34.9 Å². The van der Waals surface area contributed by atoms with E-state index in [0.29, 0.717) is 10.7 Å². The van der Waals surface area contributed by atoms with E-state index in [1.807, 2.05) is 0 Å². The third-order valence-corrected chi connectivity index (χ3v) is 1.87. The van der Waals surface area contributed by atoms with Crippen LogP contribution in [0.4, 0.5) is 5.69 Å². The topological polar surface area (TPSA) is 63.3 Å². The van der Waals surface area contributed by atoms with Crippen LogP contribution >= 0.6 is 11.6 Å². The monoisotopic (exact) mass is 211 g/mol. The molecule has 3 N–H and O–H groups in total. The van der Waals surface area contributed by atoms with E-state index < -0.39 is 5.97 Å². The fourth-order valence-corrected chi connectivity index (χ4v) is 1.16. The second-order valence-electron chi connectivity index (χ2n) is 2.77. The highest BCUT2D eigenvalue weighted by molar-refractivity contribution is 6.30. The van der Waals surface area contributed by atoms with Gasteiger partial charge >= 0.3 is 5.97 Å². The number of carbonyl (C=O) groups is 1. The highest BCUT2D eigenvalue weighted by Gasteiger charge is 1.96. The summed E-state index contributed by atoms with van der Waals surface area (Å²) in [6.07, 6.45) is 3.16. The van der Waals surface area contributed by atoms with Gasteiger partial charge in [0.25, 0.3) is 0 Å². The lowest BCUT2D eigenvalue weighted by Gasteiger charge is -1.99. The lowest BCUT2D eigenvalue weighted by atomic mass is 10.1. The Morgan fingerprint density at radius 2 is 2.29 bits per heavy atom. The fourth-order valence-electron chi connectivity index (χ4n) is 0.977. The van der Waals surface area contributed by atoms with Gasteiger partial charge in [0.05, 0.1) is 6.42 Å². The van der Waals surface area contributed by atoms with Crippen LogP contribution < -0.4 is 5.73 Å². The summed E-state index contributed by atoms with van der Waals surface area (Å²) in [6.45, 7) is 0. The van der Waals surface area contributed by atoms with Gasteiger partial charge in [0, 0.05) is 10.7 Å². The molecular weight excluding hydrogens is 202 g/mol. The van der Waals surface area contributed by atoms with Crippen LogP contribution in [0.15, 0.2) is 24.3 Å². The Kier molecular flexibility index (Phi) is 3.54. The number of hydrogen-bond donors (Lipinski definition) is 2. The van der Waals surface area contributed by atoms with Crippen LogP contribution in [-0.4, -0.2) is 11.1 Å². The van der Waals surface area contributed by atoms with Crippen LogP contribution in [-0.2, 0) is 4.79 Å². The van der Waals surface area contributed by atoms with Gasteiger partial charge in [0.15, 0.2) is 0 Å². The Balaban J connectivity index is 2.80. The first-order valence-corrected chi connectivity index (χ1v) is 4.41. The summed E-state index contributed by atoms with van der Waals surface area (Å²) in [5, 5.41) is 8.98. The quantitative estimate of drug-likeness (QED) is 0.755. The molecule has 74 valence electrons. The van der Waals surface area contributed by atoms with Crippen molar-refractivity contribution in [2.24, 2.45) is 0 Å². The van der Waals surface area contributed by atoms with Gasteiger partial charge in [-0.05, 0) is 23.8 Å². The molecule has 3 nitrogen and oxygen atoms in total. The van der Waals surface area contributed by atoms with E-state index in [1.165, 1.54) is 6.08 Å². The fraction of sp³-hybridized carbons (Fsp3) is 0.100. The number of anilines is 1. The Morgan fingerprint density at radius 1 is 1.57 bits per heavy atom. The molecule has 1 aromatic rings.